The maximum absolute atomic E-state index is 3.95. The van der Waals surface area contributed by atoms with Gasteiger partial charge < -0.3 is 4.90 Å². The molecule has 146 valence electrons. The fourth-order valence-electron chi connectivity index (χ4n) is 3.52. The summed E-state index contributed by atoms with van der Waals surface area (Å²) in [4.78, 5) is 3.65. The number of hydrogen-bond donors (Lipinski definition) is 0. The predicted molar refractivity (Wildman–Crippen MR) is 128 cm³/mol. The lowest BCUT2D eigenvalue weighted by Crippen LogP contribution is -2.33. The zero-order valence-electron chi connectivity index (χ0n) is 16.7. The van der Waals surface area contributed by atoms with E-state index in [0.717, 1.165) is 19.5 Å². The average molecular weight is 418 g/mol. The van der Waals surface area contributed by atoms with Crippen LogP contribution in [0, 0.1) is 0 Å². The lowest BCUT2D eigenvalue weighted by Gasteiger charge is -2.18. The van der Waals surface area contributed by atoms with Gasteiger partial charge in [-0.15, -0.1) is 6.58 Å². The summed E-state index contributed by atoms with van der Waals surface area (Å²) in [5.74, 6) is 0. The Morgan fingerprint density at radius 1 is 1.07 bits per heavy atom. The van der Waals surface area contributed by atoms with Crippen molar-refractivity contribution < 1.29 is 4.57 Å². The number of nitrogens with zero attached hydrogens (tertiary/aromatic N) is 2. The number of aromatic nitrogens is 1. The molecule has 2 nitrogen and oxygen atoms in total. The molecule has 2 aromatic carbocycles. The minimum atomic E-state index is 0.812. The summed E-state index contributed by atoms with van der Waals surface area (Å²) in [6.45, 7) is 11.7. The van der Waals surface area contributed by atoms with Gasteiger partial charge in [-0.2, -0.15) is 4.57 Å². The third-order valence-electron chi connectivity index (χ3n) is 4.92. The van der Waals surface area contributed by atoms with Gasteiger partial charge in [0.1, 0.15) is 4.70 Å². The molecule has 4 heteroatoms. The Kier molecular flexibility index (Phi) is 6.02. The van der Waals surface area contributed by atoms with Crippen LogP contribution in [0.1, 0.15) is 18.4 Å². The molecular weight excluding hydrogens is 392 g/mol. The van der Waals surface area contributed by atoms with E-state index in [0.29, 0.717) is 0 Å². The maximum Gasteiger partial charge on any atom is 0.263 e. The molecule has 0 fully saturated rings. The fraction of sp³-hybridized carbons (Fsp3) is 0.160. The maximum atomic E-state index is 3.95. The van der Waals surface area contributed by atoms with Crippen LogP contribution in [0.2, 0.25) is 0 Å². The van der Waals surface area contributed by atoms with Crippen LogP contribution in [0.4, 0.5) is 5.69 Å². The molecule has 29 heavy (non-hydrogen) atoms. The molecule has 2 heterocycles. The first kappa shape index (κ1) is 19.7. The second-order valence-corrected chi connectivity index (χ2v) is 8.96. The van der Waals surface area contributed by atoms with E-state index in [9.17, 15) is 0 Å². The monoisotopic (exact) mass is 417 g/mol. The van der Waals surface area contributed by atoms with E-state index in [1.807, 2.05) is 35.3 Å². The molecule has 1 aliphatic heterocycles. The average Bonchev–Trinajstić information content (AvgIpc) is 3.26. The van der Waals surface area contributed by atoms with Crippen LogP contribution in [-0.4, -0.2) is 6.54 Å². The van der Waals surface area contributed by atoms with Crippen molar-refractivity contribution in [3.05, 3.63) is 95.5 Å². The summed E-state index contributed by atoms with van der Waals surface area (Å²) in [6.07, 6.45) is 9.57. The highest BCUT2D eigenvalue weighted by Crippen LogP contribution is 2.46. The first-order chi connectivity index (χ1) is 14.2. The largest absolute Gasteiger partial charge is 0.331 e. The molecule has 0 amide bonds. The summed E-state index contributed by atoms with van der Waals surface area (Å²) in [5.41, 5.74) is 3.85. The van der Waals surface area contributed by atoms with Crippen molar-refractivity contribution in [1.82, 2.24) is 0 Å². The molecule has 0 spiro atoms. The predicted octanol–water partition coefficient (Wildman–Crippen LogP) is 6.81. The second-order valence-electron chi connectivity index (χ2n) is 6.83. The molecule has 3 aromatic rings. The van der Waals surface area contributed by atoms with E-state index in [1.54, 1.807) is 0 Å². The van der Waals surface area contributed by atoms with Crippen molar-refractivity contribution in [2.75, 3.05) is 11.4 Å². The van der Waals surface area contributed by atoms with Gasteiger partial charge in [-0.25, -0.2) is 0 Å². The third kappa shape index (κ3) is 3.96. The Bertz CT molecular complexity index is 1120. The fourth-order valence-corrected chi connectivity index (χ4v) is 5.81. The van der Waals surface area contributed by atoms with Crippen LogP contribution in [0.15, 0.2) is 95.4 Å². The SMILES string of the molecule is C=CCN1C(=CC(=Cc2sc3ccccc3[n+]2CC=C)CC)Sc2ccccc21. The Morgan fingerprint density at radius 3 is 2.66 bits per heavy atom. The lowest BCUT2D eigenvalue weighted by atomic mass is 10.2. The third-order valence-corrected chi connectivity index (χ3v) is 7.15. The lowest BCUT2D eigenvalue weighted by molar-refractivity contribution is -0.658. The summed E-state index contributed by atoms with van der Waals surface area (Å²) < 4.78 is 3.65. The van der Waals surface area contributed by atoms with Gasteiger partial charge in [-0.05, 0) is 42.3 Å². The van der Waals surface area contributed by atoms with Crippen LogP contribution in [0.3, 0.4) is 0 Å². The molecular formula is C25H25N2S2+. The Hall–Kier alpha value is -2.56. The quantitative estimate of drug-likeness (QED) is 0.308. The number of benzene rings is 2. The van der Waals surface area contributed by atoms with Crippen molar-refractivity contribution in [1.29, 1.82) is 0 Å². The van der Waals surface area contributed by atoms with Crippen LogP contribution in [0.25, 0.3) is 16.3 Å². The topological polar surface area (TPSA) is 7.12 Å². The Balaban J connectivity index is 1.75. The van der Waals surface area contributed by atoms with E-state index in [4.69, 9.17) is 0 Å². The summed E-state index contributed by atoms with van der Waals surface area (Å²) in [5, 5.41) is 2.52. The summed E-state index contributed by atoms with van der Waals surface area (Å²) in [7, 11) is 0. The highest BCUT2D eigenvalue weighted by molar-refractivity contribution is 8.03. The molecule has 0 radical (unpaired) electrons. The van der Waals surface area contributed by atoms with Crippen LogP contribution < -0.4 is 9.47 Å². The number of thiazole rings is 1. The Labute approximate surface area is 181 Å². The van der Waals surface area contributed by atoms with Crippen molar-refractivity contribution in [2.24, 2.45) is 0 Å². The summed E-state index contributed by atoms with van der Waals surface area (Å²) in [6, 6.07) is 17.2. The molecule has 0 atom stereocenters. The van der Waals surface area contributed by atoms with E-state index in [-0.39, 0.29) is 0 Å². The van der Waals surface area contributed by atoms with Gasteiger partial charge >= 0.3 is 0 Å². The van der Waals surface area contributed by atoms with Gasteiger partial charge in [-0.3, -0.25) is 0 Å². The van der Waals surface area contributed by atoms with Gasteiger partial charge in [0.15, 0.2) is 6.54 Å². The van der Waals surface area contributed by atoms with Crippen molar-refractivity contribution >= 4 is 45.1 Å². The number of allylic oxidation sites excluding steroid dienone is 3. The smallest absolute Gasteiger partial charge is 0.263 e. The number of thioether (sulfide) groups is 1. The molecule has 0 unspecified atom stereocenters. The van der Waals surface area contributed by atoms with Crippen molar-refractivity contribution in [3.63, 3.8) is 0 Å². The van der Waals surface area contributed by atoms with Crippen molar-refractivity contribution in [2.45, 2.75) is 24.8 Å². The molecule has 4 rings (SSSR count). The first-order valence-electron chi connectivity index (χ1n) is 9.85. The summed E-state index contributed by atoms with van der Waals surface area (Å²) >= 11 is 3.67. The number of para-hydroxylation sites is 2. The van der Waals surface area contributed by atoms with Crippen LogP contribution in [-0.2, 0) is 6.54 Å². The van der Waals surface area contributed by atoms with Gasteiger partial charge in [0.2, 0.25) is 5.52 Å². The van der Waals surface area contributed by atoms with Crippen LogP contribution in [0.5, 0.6) is 0 Å². The van der Waals surface area contributed by atoms with E-state index < -0.39 is 0 Å². The standard InChI is InChI=1S/C25H25N2S2/c1-4-15-26-20-11-7-9-13-22(20)28-24(26)17-19(6-3)18-25-27(16-5-2)21-12-8-10-14-23(21)29-25/h4-5,7-14,17-18H,1-2,6,15-16H2,3H3/q+1. The minimum Gasteiger partial charge on any atom is -0.331 e. The van der Waals surface area contributed by atoms with E-state index >= 15 is 0 Å². The highest BCUT2D eigenvalue weighted by Gasteiger charge is 2.24. The normalized spacial score (nSPS) is 15.1. The second kappa shape index (κ2) is 8.85. The number of fused-ring (bicyclic) bond motifs is 2. The molecule has 0 bridgehead atoms. The van der Waals surface area contributed by atoms with Crippen LogP contribution >= 0.6 is 23.1 Å². The Morgan fingerprint density at radius 2 is 1.86 bits per heavy atom. The number of anilines is 1. The minimum absolute atomic E-state index is 0.812. The number of rotatable bonds is 7. The molecule has 0 N–H and O–H groups in total. The van der Waals surface area contributed by atoms with Gasteiger partial charge in [0.25, 0.3) is 5.01 Å². The molecule has 1 aliphatic rings. The van der Waals surface area contributed by atoms with Gasteiger partial charge in [-0.1, -0.05) is 66.9 Å². The van der Waals surface area contributed by atoms with Gasteiger partial charge in [0.05, 0.1) is 10.7 Å². The zero-order chi connectivity index (χ0) is 20.2. The first-order valence-corrected chi connectivity index (χ1v) is 11.5. The molecule has 0 saturated heterocycles. The number of hydrogen-bond acceptors (Lipinski definition) is 3. The van der Waals surface area contributed by atoms with E-state index in [1.165, 1.54) is 36.4 Å². The van der Waals surface area contributed by atoms with Gasteiger partial charge in [0, 0.05) is 23.6 Å². The molecule has 1 aromatic heterocycles. The van der Waals surface area contributed by atoms with Crippen molar-refractivity contribution in [3.8, 4) is 0 Å². The molecule has 0 aliphatic carbocycles. The molecule has 0 saturated carbocycles. The zero-order valence-corrected chi connectivity index (χ0v) is 18.3. The highest BCUT2D eigenvalue weighted by atomic mass is 32.2. The van der Waals surface area contributed by atoms with E-state index in [2.05, 4.69) is 90.2 Å².